The van der Waals surface area contributed by atoms with E-state index in [0.29, 0.717) is 12.0 Å². The van der Waals surface area contributed by atoms with Gasteiger partial charge in [-0.3, -0.25) is 0 Å². The van der Waals surface area contributed by atoms with E-state index in [1.54, 1.807) is 12.5 Å². The highest BCUT2D eigenvalue weighted by Crippen LogP contribution is 2.35. The Morgan fingerprint density at radius 1 is 1.28 bits per heavy atom. The predicted octanol–water partition coefficient (Wildman–Crippen LogP) is 3.14. The van der Waals surface area contributed by atoms with Crippen LogP contribution in [-0.2, 0) is 6.54 Å². The Hall–Kier alpha value is -1.74. The molecule has 0 saturated heterocycles. The molecule has 1 aromatic carbocycles. The van der Waals surface area contributed by atoms with Gasteiger partial charge in [0.2, 0.25) is 0 Å². The van der Waals surface area contributed by atoms with Crippen LogP contribution < -0.4 is 10.1 Å². The number of rotatable bonds is 3. The van der Waals surface area contributed by atoms with Gasteiger partial charge >= 0.3 is 0 Å². The molecule has 2 heterocycles. The fraction of sp³-hybridized carbons (Fsp3) is 0.333. The third-order valence-corrected chi connectivity index (χ3v) is 3.43. The second-order valence-electron chi connectivity index (χ2n) is 4.82. The Morgan fingerprint density at radius 2 is 2.17 bits per heavy atom. The normalized spacial score (nSPS) is 22.3. The number of furan rings is 1. The van der Waals surface area contributed by atoms with Gasteiger partial charge in [0, 0.05) is 29.6 Å². The van der Waals surface area contributed by atoms with E-state index in [4.69, 9.17) is 9.15 Å². The first kappa shape index (κ1) is 11.4. The minimum atomic E-state index is 0.338. The first-order chi connectivity index (χ1) is 8.84. The van der Waals surface area contributed by atoms with Crippen LogP contribution in [0.15, 0.2) is 47.3 Å². The molecule has 1 aliphatic heterocycles. The van der Waals surface area contributed by atoms with Gasteiger partial charge in [-0.1, -0.05) is 25.1 Å². The van der Waals surface area contributed by atoms with Gasteiger partial charge in [0.05, 0.1) is 19.1 Å². The molecule has 0 radical (unpaired) electrons. The third kappa shape index (κ3) is 2.14. The molecule has 1 aliphatic rings. The summed E-state index contributed by atoms with van der Waals surface area (Å²) in [7, 11) is 0. The van der Waals surface area contributed by atoms with E-state index in [1.165, 1.54) is 11.1 Å². The molecule has 3 rings (SSSR count). The van der Waals surface area contributed by atoms with Gasteiger partial charge in [-0.15, -0.1) is 0 Å². The van der Waals surface area contributed by atoms with Crippen LogP contribution in [0.25, 0.3) is 0 Å². The Morgan fingerprint density at radius 3 is 3.00 bits per heavy atom. The number of ether oxygens (including phenoxy) is 1. The van der Waals surface area contributed by atoms with Crippen molar-refractivity contribution in [3.05, 3.63) is 54.0 Å². The molecule has 1 aromatic heterocycles. The fourth-order valence-electron chi connectivity index (χ4n) is 2.43. The number of para-hydroxylation sites is 1. The molecule has 0 fully saturated rings. The first-order valence-electron chi connectivity index (χ1n) is 6.31. The lowest BCUT2D eigenvalue weighted by Gasteiger charge is -2.32. The van der Waals surface area contributed by atoms with Crippen molar-refractivity contribution < 1.29 is 9.15 Å². The van der Waals surface area contributed by atoms with Gasteiger partial charge in [0.15, 0.2) is 0 Å². The molecule has 0 saturated carbocycles. The van der Waals surface area contributed by atoms with Crippen molar-refractivity contribution in [2.45, 2.75) is 19.5 Å². The van der Waals surface area contributed by atoms with Crippen LogP contribution in [0.4, 0.5) is 0 Å². The number of hydrogen-bond acceptors (Lipinski definition) is 3. The standard InChI is InChI=1S/C15H17NO2/c1-11-9-18-14-5-3-2-4-13(14)15(11)16-8-12-6-7-17-10-12/h2-7,10-11,15-16H,8-9H2,1H3. The zero-order chi connectivity index (χ0) is 12.4. The molecule has 2 atom stereocenters. The molecule has 2 unspecified atom stereocenters. The summed E-state index contributed by atoms with van der Waals surface area (Å²) in [6.45, 7) is 3.79. The van der Waals surface area contributed by atoms with Crippen molar-refractivity contribution in [1.29, 1.82) is 0 Å². The molecule has 0 aliphatic carbocycles. The highest BCUT2D eigenvalue weighted by atomic mass is 16.5. The van der Waals surface area contributed by atoms with Gasteiger partial charge in [0.25, 0.3) is 0 Å². The molecule has 0 amide bonds. The summed E-state index contributed by atoms with van der Waals surface area (Å²) in [4.78, 5) is 0. The summed E-state index contributed by atoms with van der Waals surface area (Å²) in [6.07, 6.45) is 3.49. The highest BCUT2D eigenvalue weighted by molar-refractivity contribution is 5.38. The summed E-state index contributed by atoms with van der Waals surface area (Å²) in [5.41, 5.74) is 2.42. The molecule has 2 aromatic rings. The van der Waals surface area contributed by atoms with E-state index in [9.17, 15) is 0 Å². The average molecular weight is 243 g/mol. The maximum Gasteiger partial charge on any atom is 0.124 e. The van der Waals surface area contributed by atoms with Crippen molar-refractivity contribution in [1.82, 2.24) is 5.32 Å². The monoisotopic (exact) mass is 243 g/mol. The molecule has 3 nitrogen and oxygen atoms in total. The highest BCUT2D eigenvalue weighted by Gasteiger charge is 2.27. The summed E-state index contributed by atoms with van der Waals surface area (Å²) < 4.78 is 10.8. The lowest BCUT2D eigenvalue weighted by molar-refractivity contribution is 0.188. The van der Waals surface area contributed by atoms with Crippen LogP contribution in [0, 0.1) is 5.92 Å². The van der Waals surface area contributed by atoms with Crippen molar-refractivity contribution in [3.63, 3.8) is 0 Å². The van der Waals surface area contributed by atoms with Crippen LogP contribution in [0.2, 0.25) is 0 Å². The molecular formula is C15H17NO2. The molecule has 1 N–H and O–H groups in total. The molecule has 0 spiro atoms. The van der Waals surface area contributed by atoms with Crippen LogP contribution in [-0.4, -0.2) is 6.61 Å². The zero-order valence-corrected chi connectivity index (χ0v) is 10.4. The Labute approximate surface area is 107 Å². The number of hydrogen-bond donors (Lipinski definition) is 1. The van der Waals surface area contributed by atoms with E-state index in [-0.39, 0.29) is 0 Å². The molecule has 94 valence electrons. The summed E-state index contributed by atoms with van der Waals surface area (Å²) in [5.74, 6) is 1.46. The summed E-state index contributed by atoms with van der Waals surface area (Å²) in [5, 5.41) is 3.59. The Kier molecular flexibility index (Phi) is 3.07. The predicted molar refractivity (Wildman–Crippen MR) is 69.4 cm³/mol. The quantitative estimate of drug-likeness (QED) is 0.899. The van der Waals surface area contributed by atoms with E-state index in [0.717, 1.165) is 18.9 Å². The van der Waals surface area contributed by atoms with Crippen LogP contribution in [0.3, 0.4) is 0 Å². The number of fused-ring (bicyclic) bond motifs is 1. The minimum Gasteiger partial charge on any atom is -0.493 e. The maximum atomic E-state index is 5.74. The van der Waals surface area contributed by atoms with Gasteiger partial charge in [-0.25, -0.2) is 0 Å². The SMILES string of the molecule is CC1COc2ccccc2C1NCc1ccoc1. The summed E-state index contributed by atoms with van der Waals surface area (Å²) >= 11 is 0. The van der Waals surface area contributed by atoms with E-state index >= 15 is 0 Å². The topological polar surface area (TPSA) is 34.4 Å². The maximum absolute atomic E-state index is 5.74. The van der Waals surface area contributed by atoms with Crippen molar-refractivity contribution in [2.24, 2.45) is 5.92 Å². The zero-order valence-electron chi connectivity index (χ0n) is 10.4. The second kappa shape index (κ2) is 4.86. The molecule has 3 heteroatoms. The second-order valence-corrected chi connectivity index (χ2v) is 4.82. The van der Waals surface area contributed by atoms with E-state index in [1.807, 2.05) is 18.2 Å². The Balaban J connectivity index is 1.78. The van der Waals surface area contributed by atoms with Gasteiger partial charge in [0.1, 0.15) is 5.75 Å². The molecule has 18 heavy (non-hydrogen) atoms. The smallest absolute Gasteiger partial charge is 0.124 e. The van der Waals surface area contributed by atoms with Crippen molar-refractivity contribution in [2.75, 3.05) is 6.61 Å². The molecule has 0 bridgehead atoms. The van der Waals surface area contributed by atoms with E-state index in [2.05, 4.69) is 24.4 Å². The molecular weight excluding hydrogens is 226 g/mol. The van der Waals surface area contributed by atoms with Gasteiger partial charge < -0.3 is 14.5 Å². The van der Waals surface area contributed by atoms with Gasteiger partial charge in [-0.05, 0) is 12.1 Å². The third-order valence-electron chi connectivity index (χ3n) is 3.43. The number of nitrogens with one attached hydrogen (secondary N) is 1. The Bertz CT molecular complexity index is 507. The van der Waals surface area contributed by atoms with Crippen molar-refractivity contribution in [3.8, 4) is 5.75 Å². The largest absolute Gasteiger partial charge is 0.493 e. The first-order valence-corrected chi connectivity index (χ1v) is 6.31. The van der Waals surface area contributed by atoms with Crippen LogP contribution in [0.1, 0.15) is 24.1 Å². The van der Waals surface area contributed by atoms with Crippen molar-refractivity contribution >= 4 is 0 Å². The average Bonchev–Trinajstić information content (AvgIpc) is 2.91. The van der Waals surface area contributed by atoms with Crippen LogP contribution in [0.5, 0.6) is 5.75 Å². The lowest BCUT2D eigenvalue weighted by atomic mass is 9.92. The van der Waals surface area contributed by atoms with Crippen LogP contribution >= 0.6 is 0 Å². The summed E-state index contributed by atoms with van der Waals surface area (Å²) in [6, 6.07) is 10.6. The minimum absolute atomic E-state index is 0.338. The lowest BCUT2D eigenvalue weighted by Crippen LogP contribution is -2.33. The fourth-order valence-corrected chi connectivity index (χ4v) is 2.43. The number of benzene rings is 1. The van der Waals surface area contributed by atoms with E-state index < -0.39 is 0 Å². The van der Waals surface area contributed by atoms with Gasteiger partial charge in [-0.2, -0.15) is 0 Å².